The third-order valence-electron chi connectivity index (χ3n) is 5.21. The van der Waals surface area contributed by atoms with E-state index in [4.69, 9.17) is 0 Å². The number of fused-ring (bicyclic) bond motifs is 1. The first-order chi connectivity index (χ1) is 15.5. The van der Waals surface area contributed by atoms with Gasteiger partial charge >= 0.3 is 0 Å². The summed E-state index contributed by atoms with van der Waals surface area (Å²) in [6, 6.07) is 4.77. The van der Waals surface area contributed by atoms with Gasteiger partial charge in [0, 0.05) is 24.5 Å². The summed E-state index contributed by atoms with van der Waals surface area (Å²) in [5.41, 5.74) is 1.68. The van der Waals surface area contributed by atoms with Gasteiger partial charge in [0.2, 0.25) is 0 Å². The fraction of sp³-hybridized carbons (Fsp3) is 0.182. The fourth-order valence-corrected chi connectivity index (χ4v) is 7.57. The van der Waals surface area contributed by atoms with E-state index in [1.165, 1.54) is 16.9 Å². The standard InChI is InChI=1S/C22H18F2N3OS4.ClH/c1-3-27-17(10-16-26(7-9-30-16)11-13-6-8-29-12-13)31-20(21(27)28)22-25(2)15-5-4-14(23)18(24)19(15)32-22;/h4-10,12H,3,11H2,1-2H3;1H/q+1;/p-1/b22-20+;. The molecule has 3 aromatic heterocycles. The zero-order valence-corrected chi connectivity index (χ0v) is 21.6. The number of hydrogen-bond donors (Lipinski definition) is 0. The molecule has 0 N–H and O–H groups in total. The van der Waals surface area contributed by atoms with Crippen LogP contribution in [0.25, 0.3) is 11.1 Å². The molecule has 1 aromatic carbocycles. The Balaban J connectivity index is 0.00000259. The summed E-state index contributed by atoms with van der Waals surface area (Å²) in [6.45, 7) is 3.22. The van der Waals surface area contributed by atoms with E-state index < -0.39 is 11.6 Å². The van der Waals surface area contributed by atoms with Crippen molar-refractivity contribution in [3.05, 3.63) is 82.3 Å². The van der Waals surface area contributed by atoms with Crippen molar-refractivity contribution < 1.29 is 25.8 Å². The molecule has 1 aliphatic rings. The van der Waals surface area contributed by atoms with E-state index in [1.54, 1.807) is 45.3 Å². The van der Waals surface area contributed by atoms with Crippen molar-refractivity contribution >= 4 is 62.6 Å². The summed E-state index contributed by atoms with van der Waals surface area (Å²) in [7, 11) is 1.78. The average Bonchev–Trinajstić information content (AvgIpc) is 3.55. The highest BCUT2D eigenvalue weighted by molar-refractivity contribution is 8.08. The molecule has 0 bridgehead atoms. The minimum Gasteiger partial charge on any atom is -1.00 e. The first-order valence-corrected chi connectivity index (χ1v) is 13.3. The topological polar surface area (TPSA) is 29.1 Å². The molecule has 4 heterocycles. The summed E-state index contributed by atoms with van der Waals surface area (Å²) in [4.78, 5) is 15.2. The van der Waals surface area contributed by atoms with Crippen molar-refractivity contribution in [2.24, 2.45) is 0 Å². The molecule has 0 saturated carbocycles. The Morgan fingerprint density at radius 1 is 1.18 bits per heavy atom. The predicted molar refractivity (Wildman–Crippen MR) is 129 cm³/mol. The molecule has 172 valence electrons. The first kappa shape index (κ1) is 24.2. The zero-order chi connectivity index (χ0) is 22.4. The van der Waals surface area contributed by atoms with Crippen LogP contribution in [-0.4, -0.2) is 11.6 Å². The lowest BCUT2D eigenvalue weighted by Crippen LogP contribution is -3.00. The van der Waals surface area contributed by atoms with Crippen LogP contribution in [0.4, 0.5) is 14.5 Å². The van der Waals surface area contributed by atoms with Gasteiger partial charge in [-0.1, -0.05) is 23.1 Å². The van der Waals surface area contributed by atoms with Gasteiger partial charge in [-0.15, -0.1) is 11.3 Å². The third kappa shape index (κ3) is 4.30. The highest BCUT2D eigenvalue weighted by Crippen LogP contribution is 2.47. The lowest BCUT2D eigenvalue weighted by molar-refractivity contribution is -0.685. The summed E-state index contributed by atoms with van der Waals surface area (Å²) < 4.78 is 33.3. The molecule has 1 aliphatic heterocycles. The van der Waals surface area contributed by atoms with Crippen molar-refractivity contribution in [1.82, 2.24) is 4.57 Å². The van der Waals surface area contributed by atoms with Crippen LogP contribution < -0.4 is 36.6 Å². The molecule has 5 rings (SSSR count). The lowest BCUT2D eigenvalue weighted by atomic mass is 10.3. The monoisotopic (exact) mass is 541 g/mol. The van der Waals surface area contributed by atoms with Gasteiger partial charge in [0.05, 0.1) is 22.0 Å². The Labute approximate surface area is 211 Å². The molecular formula is C22H18ClF2N3OS4. The van der Waals surface area contributed by atoms with Gasteiger partial charge in [0.1, 0.15) is 14.2 Å². The predicted octanol–water partition coefficient (Wildman–Crippen LogP) is 0.807. The summed E-state index contributed by atoms with van der Waals surface area (Å²) in [5.74, 6) is -1.76. The van der Waals surface area contributed by atoms with E-state index in [1.807, 2.05) is 24.6 Å². The molecule has 0 atom stereocenters. The van der Waals surface area contributed by atoms with Gasteiger partial charge < -0.3 is 17.3 Å². The van der Waals surface area contributed by atoms with Crippen LogP contribution >= 0.6 is 45.8 Å². The van der Waals surface area contributed by atoms with Gasteiger partial charge in [0.25, 0.3) is 10.6 Å². The Morgan fingerprint density at radius 2 is 2.00 bits per heavy atom. The average molecular weight is 542 g/mol. The number of anilines is 1. The molecule has 4 aromatic rings. The van der Waals surface area contributed by atoms with Crippen molar-refractivity contribution in [3.63, 3.8) is 0 Å². The Kier molecular flexibility index (Phi) is 7.11. The molecule has 0 fully saturated rings. The van der Waals surface area contributed by atoms with E-state index in [9.17, 15) is 13.6 Å². The van der Waals surface area contributed by atoms with Gasteiger partial charge in [-0.3, -0.25) is 9.36 Å². The quantitative estimate of drug-likeness (QED) is 0.358. The number of thiazole rings is 2. The highest BCUT2D eigenvalue weighted by Gasteiger charge is 2.29. The SMILES string of the molecule is CCn1c(=O)/c(=C2\Sc3c(ccc(F)c3F)N2C)s/c1=C\c1scc[n+]1Cc1ccsc1.[Cl-]. The number of rotatable bonds is 4. The van der Waals surface area contributed by atoms with Crippen LogP contribution in [0.2, 0.25) is 0 Å². The molecule has 0 unspecified atom stereocenters. The maximum atomic E-state index is 14.3. The number of benzene rings is 1. The van der Waals surface area contributed by atoms with Gasteiger partial charge in [0.15, 0.2) is 24.4 Å². The van der Waals surface area contributed by atoms with Crippen molar-refractivity contribution in [2.75, 3.05) is 11.9 Å². The third-order valence-corrected chi connectivity index (χ3v) is 9.31. The van der Waals surface area contributed by atoms with Gasteiger partial charge in [-0.25, -0.2) is 8.78 Å². The minimum atomic E-state index is -0.884. The Bertz CT molecular complexity index is 1490. The molecule has 33 heavy (non-hydrogen) atoms. The smallest absolute Gasteiger partial charge is 0.271 e. The van der Waals surface area contributed by atoms with Crippen LogP contribution in [0, 0.1) is 11.6 Å². The molecule has 0 saturated heterocycles. The molecule has 0 spiro atoms. The number of nitrogens with zero attached hydrogens (tertiary/aromatic N) is 3. The molecular weight excluding hydrogens is 524 g/mol. The van der Waals surface area contributed by atoms with Crippen molar-refractivity contribution in [1.29, 1.82) is 0 Å². The first-order valence-electron chi connectivity index (χ1n) is 9.81. The minimum absolute atomic E-state index is 0. The molecule has 4 nitrogen and oxygen atoms in total. The van der Waals surface area contributed by atoms with E-state index in [2.05, 4.69) is 21.4 Å². The normalized spacial score (nSPS) is 15.2. The maximum absolute atomic E-state index is 14.3. The maximum Gasteiger partial charge on any atom is 0.271 e. The second kappa shape index (κ2) is 9.71. The molecule has 0 aliphatic carbocycles. The molecule has 11 heteroatoms. The van der Waals surface area contributed by atoms with Crippen LogP contribution in [0.1, 0.15) is 17.5 Å². The number of hydrogen-bond acceptors (Lipinski definition) is 6. The Hall–Kier alpha value is -1.98. The molecule has 0 radical (unpaired) electrons. The summed E-state index contributed by atoms with van der Waals surface area (Å²) in [6.07, 6.45) is 4.07. The lowest BCUT2D eigenvalue weighted by Gasteiger charge is -2.12. The second-order valence-electron chi connectivity index (χ2n) is 7.14. The van der Waals surface area contributed by atoms with Crippen LogP contribution in [-0.2, 0) is 13.1 Å². The largest absolute Gasteiger partial charge is 1.00 e. The number of aromatic nitrogens is 2. The van der Waals surface area contributed by atoms with E-state index in [0.29, 0.717) is 21.8 Å². The highest BCUT2D eigenvalue weighted by atomic mass is 35.5. The fourth-order valence-electron chi connectivity index (χ4n) is 3.57. The van der Waals surface area contributed by atoms with E-state index >= 15 is 0 Å². The number of thioether (sulfide) groups is 1. The summed E-state index contributed by atoms with van der Waals surface area (Å²) in [5, 5.41) is 7.89. The van der Waals surface area contributed by atoms with E-state index in [0.717, 1.165) is 34.0 Å². The van der Waals surface area contributed by atoms with Crippen LogP contribution in [0.15, 0.2) is 50.2 Å². The van der Waals surface area contributed by atoms with Crippen molar-refractivity contribution in [3.8, 4) is 0 Å². The van der Waals surface area contributed by atoms with Crippen LogP contribution in [0.5, 0.6) is 0 Å². The van der Waals surface area contributed by atoms with Gasteiger partial charge in [-0.2, -0.15) is 15.9 Å². The number of halogens is 3. The van der Waals surface area contributed by atoms with E-state index in [-0.39, 0.29) is 22.9 Å². The Morgan fingerprint density at radius 3 is 2.73 bits per heavy atom. The molecule has 0 amide bonds. The summed E-state index contributed by atoms with van der Waals surface area (Å²) >= 11 is 5.78. The van der Waals surface area contributed by atoms with Crippen molar-refractivity contribution in [2.45, 2.75) is 24.9 Å². The zero-order valence-electron chi connectivity index (χ0n) is 17.5. The number of thiophene rings is 1. The second-order valence-corrected chi connectivity index (χ2v) is 10.9. The van der Waals surface area contributed by atoms with Gasteiger partial charge in [-0.05, 0) is 30.5 Å². The van der Waals surface area contributed by atoms with Crippen LogP contribution in [0.3, 0.4) is 0 Å².